The van der Waals surface area contributed by atoms with Crippen LogP contribution >= 0.6 is 0 Å². The summed E-state index contributed by atoms with van der Waals surface area (Å²) in [7, 11) is 0. The van der Waals surface area contributed by atoms with E-state index in [0.29, 0.717) is 19.6 Å². The quantitative estimate of drug-likeness (QED) is 0.887. The molecule has 1 aliphatic rings. The Morgan fingerprint density at radius 1 is 1.33 bits per heavy atom. The third-order valence-corrected chi connectivity index (χ3v) is 4.65. The first kappa shape index (κ1) is 16.8. The molecule has 1 saturated heterocycles. The summed E-state index contributed by atoms with van der Waals surface area (Å²) in [4.78, 5) is 22.2. The van der Waals surface area contributed by atoms with Gasteiger partial charge in [-0.1, -0.05) is 12.1 Å². The number of amides is 1. The molecule has 0 aliphatic carbocycles. The Labute approximate surface area is 142 Å². The molecule has 0 saturated carbocycles. The number of para-hydroxylation sites is 2. The Morgan fingerprint density at radius 2 is 2.00 bits per heavy atom. The van der Waals surface area contributed by atoms with E-state index in [9.17, 15) is 4.79 Å². The van der Waals surface area contributed by atoms with Gasteiger partial charge in [0.05, 0.1) is 11.0 Å². The van der Waals surface area contributed by atoms with Gasteiger partial charge >= 0.3 is 6.09 Å². The van der Waals surface area contributed by atoms with Gasteiger partial charge in [-0.25, -0.2) is 9.78 Å². The van der Waals surface area contributed by atoms with Crippen molar-refractivity contribution in [2.45, 2.75) is 44.6 Å². The van der Waals surface area contributed by atoms with E-state index >= 15 is 0 Å². The Kier molecular flexibility index (Phi) is 4.25. The molecule has 1 aromatic heterocycles. The molecule has 130 valence electrons. The van der Waals surface area contributed by atoms with Crippen molar-refractivity contribution < 1.29 is 9.53 Å². The predicted molar refractivity (Wildman–Crippen MR) is 93.9 cm³/mol. The summed E-state index contributed by atoms with van der Waals surface area (Å²) in [6.45, 7) is 7.41. The second-order valence-corrected chi connectivity index (χ2v) is 7.55. The van der Waals surface area contributed by atoms with Crippen molar-refractivity contribution in [1.29, 1.82) is 0 Å². The van der Waals surface area contributed by atoms with E-state index in [1.807, 2.05) is 45.0 Å². The highest BCUT2D eigenvalue weighted by Gasteiger charge is 2.39. The summed E-state index contributed by atoms with van der Waals surface area (Å²) < 4.78 is 5.47. The second kappa shape index (κ2) is 6.09. The highest BCUT2D eigenvalue weighted by molar-refractivity contribution is 5.75. The van der Waals surface area contributed by atoms with Gasteiger partial charge in [0.15, 0.2) is 0 Å². The molecule has 2 heterocycles. The molecule has 0 atom stereocenters. The Morgan fingerprint density at radius 3 is 2.58 bits per heavy atom. The molecule has 1 aliphatic heterocycles. The number of nitrogens with two attached hydrogens (primary N) is 1. The minimum atomic E-state index is -0.474. The van der Waals surface area contributed by atoms with Crippen LogP contribution in [0, 0.1) is 0 Å². The maximum absolute atomic E-state index is 12.2. The highest BCUT2D eigenvalue weighted by Crippen LogP contribution is 2.34. The van der Waals surface area contributed by atoms with Crippen molar-refractivity contribution in [2.24, 2.45) is 5.73 Å². The lowest BCUT2D eigenvalue weighted by Crippen LogP contribution is -2.50. The largest absolute Gasteiger partial charge is 0.444 e. The van der Waals surface area contributed by atoms with Crippen LogP contribution < -0.4 is 5.73 Å². The van der Waals surface area contributed by atoms with Crippen LogP contribution in [0.3, 0.4) is 0 Å². The summed E-state index contributed by atoms with van der Waals surface area (Å²) in [6.07, 6.45) is 1.31. The number of ether oxygens (including phenoxy) is 1. The number of hydrogen-bond donors (Lipinski definition) is 2. The first-order valence-corrected chi connectivity index (χ1v) is 8.46. The molecule has 0 radical (unpaired) electrons. The molecule has 0 bridgehead atoms. The molecule has 2 aromatic rings. The SMILES string of the molecule is CC(C)(C)OC(=O)N1CCC(CN)(c2nc3ccccc3[nH]2)CC1. The first-order chi connectivity index (χ1) is 11.3. The van der Waals surface area contributed by atoms with Gasteiger partial charge in [-0.15, -0.1) is 0 Å². The standard InChI is InChI=1S/C18H26N4O2/c1-17(2,3)24-16(23)22-10-8-18(12-19,9-11-22)15-20-13-6-4-5-7-14(13)21-15/h4-7H,8-12,19H2,1-3H3,(H,20,21). The number of aromatic amines is 1. The van der Waals surface area contributed by atoms with E-state index in [2.05, 4.69) is 4.98 Å². The fourth-order valence-corrected chi connectivity index (χ4v) is 3.19. The van der Waals surface area contributed by atoms with Gasteiger partial charge in [0.25, 0.3) is 0 Å². The van der Waals surface area contributed by atoms with Crippen LogP contribution in [0.2, 0.25) is 0 Å². The van der Waals surface area contributed by atoms with Crippen LogP contribution in [0.25, 0.3) is 11.0 Å². The van der Waals surface area contributed by atoms with Gasteiger partial charge in [-0.05, 0) is 45.7 Å². The van der Waals surface area contributed by atoms with Crippen LogP contribution in [0.4, 0.5) is 4.79 Å². The fraction of sp³-hybridized carbons (Fsp3) is 0.556. The van der Waals surface area contributed by atoms with Crippen molar-refractivity contribution >= 4 is 17.1 Å². The van der Waals surface area contributed by atoms with Crippen molar-refractivity contribution in [3.05, 3.63) is 30.1 Å². The molecule has 1 fully saturated rings. The number of carbonyl (C=O) groups is 1. The van der Waals surface area contributed by atoms with Crippen LogP contribution in [-0.4, -0.2) is 46.2 Å². The number of likely N-dealkylation sites (tertiary alicyclic amines) is 1. The van der Waals surface area contributed by atoms with Gasteiger partial charge in [-0.3, -0.25) is 0 Å². The Balaban J connectivity index is 1.75. The van der Waals surface area contributed by atoms with Crippen LogP contribution in [0.5, 0.6) is 0 Å². The third-order valence-electron chi connectivity index (χ3n) is 4.65. The summed E-state index contributed by atoms with van der Waals surface area (Å²) in [5.41, 5.74) is 7.41. The highest BCUT2D eigenvalue weighted by atomic mass is 16.6. The molecule has 3 N–H and O–H groups in total. The topological polar surface area (TPSA) is 84.2 Å². The van der Waals surface area contributed by atoms with E-state index in [1.165, 1.54) is 0 Å². The summed E-state index contributed by atoms with van der Waals surface area (Å²) in [5, 5.41) is 0. The number of fused-ring (bicyclic) bond motifs is 1. The number of imidazole rings is 1. The van der Waals surface area contributed by atoms with Gasteiger partial charge in [0, 0.05) is 25.0 Å². The molecule has 1 amide bonds. The third kappa shape index (κ3) is 3.24. The summed E-state index contributed by atoms with van der Waals surface area (Å²) >= 11 is 0. The predicted octanol–water partition coefficient (Wildman–Crippen LogP) is 2.79. The van der Waals surface area contributed by atoms with E-state index in [4.69, 9.17) is 15.5 Å². The molecule has 6 nitrogen and oxygen atoms in total. The maximum Gasteiger partial charge on any atom is 0.410 e. The summed E-state index contributed by atoms with van der Waals surface area (Å²) in [6, 6.07) is 7.99. The van der Waals surface area contributed by atoms with Gasteiger partial charge < -0.3 is 20.4 Å². The van der Waals surface area contributed by atoms with E-state index < -0.39 is 5.60 Å². The Hall–Kier alpha value is -2.08. The average molecular weight is 330 g/mol. The maximum atomic E-state index is 12.2. The number of nitrogens with zero attached hydrogens (tertiary/aromatic N) is 2. The smallest absolute Gasteiger partial charge is 0.410 e. The van der Waals surface area contributed by atoms with Gasteiger partial charge in [0.1, 0.15) is 11.4 Å². The lowest BCUT2D eigenvalue weighted by Gasteiger charge is -2.40. The molecule has 0 unspecified atom stereocenters. The second-order valence-electron chi connectivity index (χ2n) is 7.55. The van der Waals surface area contributed by atoms with Crippen molar-refractivity contribution in [2.75, 3.05) is 19.6 Å². The number of nitrogens with one attached hydrogen (secondary N) is 1. The van der Waals surface area contributed by atoms with Crippen LogP contribution in [0.1, 0.15) is 39.4 Å². The zero-order chi connectivity index (χ0) is 17.4. The first-order valence-electron chi connectivity index (χ1n) is 8.46. The van der Waals surface area contributed by atoms with E-state index in [1.54, 1.807) is 4.90 Å². The van der Waals surface area contributed by atoms with E-state index in [0.717, 1.165) is 29.7 Å². The number of piperidine rings is 1. The molecule has 1 aromatic carbocycles. The van der Waals surface area contributed by atoms with Crippen molar-refractivity contribution in [3.8, 4) is 0 Å². The zero-order valence-electron chi connectivity index (χ0n) is 14.6. The molecular weight excluding hydrogens is 304 g/mol. The number of carbonyl (C=O) groups excluding carboxylic acids is 1. The zero-order valence-corrected chi connectivity index (χ0v) is 14.6. The fourth-order valence-electron chi connectivity index (χ4n) is 3.19. The lowest BCUT2D eigenvalue weighted by atomic mass is 9.77. The van der Waals surface area contributed by atoms with E-state index in [-0.39, 0.29) is 11.5 Å². The number of rotatable bonds is 2. The lowest BCUT2D eigenvalue weighted by molar-refractivity contribution is 0.0163. The molecule has 0 spiro atoms. The van der Waals surface area contributed by atoms with Crippen molar-refractivity contribution in [1.82, 2.24) is 14.9 Å². The van der Waals surface area contributed by atoms with Crippen LogP contribution in [0.15, 0.2) is 24.3 Å². The number of benzene rings is 1. The molecular formula is C18H26N4O2. The van der Waals surface area contributed by atoms with Crippen LogP contribution in [-0.2, 0) is 10.2 Å². The normalized spacial score (nSPS) is 17.9. The number of hydrogen-bond acceptors (Lipinski definition) is 4. The Bertz CT molecular complexity index is 691. The number of aromatic nitrogens is 2. The number of H-pyrrole nitrogens is 1. The monoisotopic (exact) mass is 330 g/mol. The summed E-state index contributed by atoms with van der Waals surface area (Å²) in [5.74, 6) is 0.926. The minimum Gasteiger partial charge on any atom is -0.444 e. The molecule has 6 heteroatoms. The van der Waals surface area contributed by atoms with Gasteiger partial charge in [-0.2, -0.15) is 0 Å². The van der Waals surface area contributed by atoms with Crippen molar-refractivity contribution in [3.63, 3.8) is 0 Å². The molecule has 3 rings (SSSR count). The minimum absolute atomic E-state index is 0.211. The average Bonchev–Trinajstić information content (AvgIpc) is 2.98. The molecule has 24 heavy (non-hydrogen) atoms. The van der Waals surface area contributed by atoms with Gasteiger partial charge in [0.2, 0.25) is 0 Å².